The molecule has 0 spiro atoms. The summed E-state index contributed by atoms with van der Waals surface area (Å²) in [6.45, 7) is 0. The Balaban J connectivity index is 1.62. The van der Waals surface area contributed by atoms with Crippen LogP contribution in [-0.2, 0) is 0 Å². The first-order valence-corrected chi connectivity index (χ1v) is 9.75. The third-order valence-corrected chi connectivity index (χ3v) is 4.63. The Labute approximate surface area is 176 Å². The van der Waals surface area contributed by atoms with Crippen LogP contribution in [0, 0.1) is 0 Å². The zero-order chi connectivity index (χ0) is 20.8. The summed E-state index contributed by atoms with van der Waals surface area (Å²) >= 11 is 0. The van der Waals surface area contributed by atoms with Gasteiger partial charge in [0.2, 0.25) is 0 Å². The Morgan fingerprint density at radius 3 is 2.03 bits per heavy atom. The van der Waals surface area contributed by atoms with E-state index in [9.17, 15) is 0 Å². The van der Waals surface area contributed by atoms with E-state index in [4.69, 9.17) is 4.98 Å². The molecule has 0 aliphatic carbocycles. The molecule has 4 rings (SSSR count). The first kappa shape index (κ1) is 19.3. The maximum atomic E-state index is 4.76. The SMILES string of the molecule is CN(C)c1ccc(/C=N/Nc2cc(-c3ccccc3)nc(-c3ccccc3)n2)cc1. The summed E-state index contributed by atoms with van der Waals surface area (Å²) in [5.74, 6) is 1.30. The van der Waals surface area contributed by atoms with Crippen molar-refractivity contribution in [3.63, 3.8) is 0 Å². The van der Waals surface area contributed by atoms with Crippen molar-refractivity contribution in [1.82, 2.24) is 9.97 Å². The highest BCUT2D eigenvalue weighted by atomic mass is 15.3. The molecular weight excluding hydrogens is 370 g/mol. The minimum absolute atomic E-state index is 0.642. The number of hydrogen-bond donors (Lipinski definition) is 1. The number of anilines is 2. The van der Waals surface area contributed by atoms with Crippen LogP contribution in [-0.4, -0.2) is 30.3 Å². The Hall–Kier alpha value is -3.99. The number of rotatable bonds is 6. The Kier molecular flexibility index (Phi) is 5.80. The molecule has 0 saturated carbocycles. The summed E-state index contributed by atoms with van der Waals surface area (Å²) in [7, 11) is 4.04. The van der Waals surface area contributed by atoms with Crippen molar-refractivity contribution in [2.45, 2.75) is 0 Å². The molecule has 5 nitrogen and oxygen atoms in total. The predicted octanol–water partition coefficient (Wildman–Crippen LogP) is 5.32. The van der Waals surface area contributed by atoms with E-state index in [0.717, 1.165) is 28.1 Å². The molecule has 0 aliphatic heterocycles. The van der Waals surface area contributed by atoms with Crippen molar-refractivity contribution in [1.29, 1.82) is 0 Å². The number of hydrazone groups is 1. The summed E-state index contributed by atoms with van der Waals surface area (Å²) < 4.78 is 0. The van der Waals surface area contributed by atoms with E-state index in [1.807, 2.05) is 93.0 Å². The predicted molar refractivity (Wildman–Crippen MR) is 125 cm³/mol. The highest BCUT2D eigenvalue weighted by Gasteiger charge is 2.08. The van der Waals surface area contributed by atoms with Gasteiger partial charge in [0.1, 0.15) is 0 Å². The minimum Gasteiger partial charge on any atom is -0.378 e. The molecular formula is C25H23N5. The molecule has 30 heavy (non-hydrogen) atoms. The van der Waals surface area contributed by atoms with E-state index in [0.29, 0.717) is 11.6 Å². The summed E-state index contributed by atoms with van der Waals surface area (Å²) in [5.41, 5.74) is 8.05. The van der Waals surface area contributed by atoms with E-state index >= 15 is 0 Å². The van der Waals surface area contributed by atoms with Gasteiger partial charge in [-0.15, -0.1) is 0 Å². The lowest BCUT2D eigenvalue weighted by Gasteiger charge is -2.11. The summed E-state index contributed by atoms with van der Waals surface area (Å²) in [6, 6.07) is 30.1. The fraction of sp³-hybridized carbons (Fsp3) is 0.0800. The third-order valence-electron chi connectivity index (χ3n) is 4.63. The van der Waals surface area contributed by atoms with E-state index in [1.54, 1.807) is 6.21 Å². The van der Waals surface area contributed by atoms with E-state index < -0.39 is 0 Å². The highest BCUT2D eigenvalue weighted by molar-refractivity contribution is 5.81. The van der Waals surface area contributed by atoms with Crippen LogP contribution in [0.1, 0.15) is 5.56 Å². The molecule has 148 valence electrons. The van der Waals surface area contributed by atoms with Crippen LogP contribution in [0.4, 0.5) is 11.5 Å². The molecule has 0 bridgehead atoms. The first-order valence-electron chi connectivity index (χ1n) is 9.75. The van der Waals surface area contributed by atoms with Crippen molar-refractivity contribution in [3.8, 4) is 22.6 Å². The number of nitrogens with one attached hydrogen (secondary N) is 1. The molecule has 0 amide bonds. The van der Waals surface area contributed by atoms with Gasteiger partial charge in [0.15, 0.2) is 11.6 Å². The number of hydrogen-bond acceptors (Lipinski definition) is 5. The van der Waals surface area contributed by atoms with Gasteiger partial charge in [-0.25, -0.2) is 9.97 Å². The summed E-state index contributed by atoms with van der Waals surface area (Å²) in [4.78, 5) is 11.5. The highest BCUT2D eigenvalue weighted by Crippen LogP contribution is 2.24. The molecule has 1 heterocycles. The smallest absolute Gasteiger partial charge is 0.162 e. The maximum absolute atomic E-state index is 4.76. The van der Waals surface area contributed by atoms with Gasteiger partial charge in [-0.1, -0.05) is 72.8 Å². The molecule has 1 N–H and O–H groups in total. The fourth-order valence-electron chi connectivity index (χ4n) is 3.01. The molecule has 0 atom stereocenters. The van der Waals surface area contributed by atoms with Crippen LogP contribution in [0.2, 0.25) is 0 Å². The lowest BCUT2D eigenvalue weighted by atomic mass is 10.1. The number of nitrogens with zero attached hydrogens (tertiary/aromatic N) is 4. The second-order valence-electron chi connectivity index (χ2n) is 7.05. The second-order valence-corrected chi connectivity index (χ2v) is 7.05. The summed E-state index contributed by atoms with van der Waals surface area (Å²) in [5, 5.41) is 4.38. The molecule has 0 fully saturated rings. The Morgan fingerprint density at radius 1 is 0.767 bits per heavy atom. The normalized spacial score (nSPS) is 10.9. The monoisotopic (exact) mass is 393 g/mol. The van der Waals surface area contributed by atoms with E-state index in [-0.39, 0.29) is 0 Å². The van der Waals surface area contributed by atoms with E-state index in [1.165, 1.54) is 0 Å². The molecule has 3 aromatic carbocycles. The van der Waals surface area contributed by atoms with Crippen LogP contribution in [0.3, 0.4) is 0 Å². The average molecular weight is 393 g/mol. The molecule has 1 aromatic heterocycles. The van der Waals surface area contributed by atoms with Gasteiger partial charge in [-0.05, 0) is 17.7 Å². The van der Waals surface area contributed by atoms with Gasteiger partial charge in [0.05, 0.1) is 11.9 Å². The quantitative estimate of drug-likeness (QED) is 0.356. The maximum Gasteiger partial charge on any atom is 0.162 e. The van der Waals surface area contributed by atoms with Gasteiger partial charge >= 0.3 is 0 Å². The van der Waals surface area contributed by atoms with Crippen LogP contribution in [0.5, 0.6) is 0 Å². The van der Waals surface area contributed by atoms with Crippen molar-refractivity contribution in [2.24, 2.45) is 5.10 Å². The minimum atomic E-state index is 0.642. The van der Waals surface area contributed by atoms with Crippen molar-refractivity contribution < 1.29 is 0 Å². The molecule has 0 saturated heterocycles. The third kappa shape index (κ3) is 4.70. The van der Waals surface area contributed by atoms with Crippen LogP contribution in [0.25, 0.3) is 22.6 Å². The molecule has 0 aliphatic rings. The number of benzene rings is 3. The van der Waals surface area contributed by atoms with Crippen LogP contribution < -0.4 is 10.3 Å². The molecule has 0 unspecified atom stereocenters. The standard InChI is InChI=1S/C25H23N5/c1-30(2)22-15-13-19(14-16-22)18-26-29-24-17-23(20-9-5-3-6-10-20)27-25(28-24)21-11-7-4-8-12-21/h3-18H,1-2H3,(H,27,28,29)/b26-18+. The molecule has 5 heteroatoms. The van der Waals surface area contributed by atoms with Crippen LogP contribution in [0.15, 0.2) is 96.1 Å². The van der Waals surface area contributed by atoms with Crippen molar-refractivity contribution >= 4 is 17.7 Å². The van der Waals surface area contributed by atoms with Crippen LogP contribution >= 0.6 is 0 Å². The van der Waals surface area contributed by atoms with Crippen molar-refractivity contribution in [2.75, 3.05) is 24.4 Å². The van der Waals surface area contributed by atoms with E-state index in [2.05, 4.69) is 32.5 Å². The second kappa shape index (κ2) is 9.01. The molecule has 0 radical (unpaired) electrons. The van der Waals surface area contributed by atoms with Gasteiger partial charge in [0.25, 0.3) is 0 Å². The largest absolute Gasteiger partial charge is 0.378 e. The van der Waals surface area contributed by atoms with Gasteiger partial charge in [-0.2, -0.15) is 5.10 Å². The average Bonchev–Trinajstić information content (AvgIpc) is 2.80. The number of aromatic nitrogens is 2. The lowest BCUT2D eigenvalue weighted by molar-refractivity contribution is 1.13. The zero-order valence-corrected chi connectivity index (χ0v) is 17.0. The van der Waals surface area contributed by atoms with Gasteiger partial charge < -0.3 is 4.90 Å². The first-order chi connectivity index (χ1) is 14.7. The lowest BCUT2D eigenvalue weighted by Crippen LogP contribution is -2.08. The van der Waals surface area contributed by atoms with Crippen molar-refractivity contribution in [3.05, 3.63) is 96.6 Å². The molecule has 4 aromatic rings. The summed E-state index contributed by atoms with van der Waals surface area (Å²) in [6.07, 6.45) is 1.78. The topological polar surface area (TPSA) is 53.4 Å². The zero-order valence-electron chi connectivity index (χ0n) is 17.0. The van der Waals surface area contributed by atoms with Gasteiger partial charge in [-0.3, -0.25) is 5.43 Å². The fourth-order valence-corrected chi connectivity index (χ4v) is 3.01. The Bertz CT molecular complexity index is 1060. The Morgan fingerprint density at radius 2 is 1.40 bits per heavy atom. The van der Waals surface area contributed by atoms with Gasteiger partial charge in [0, 0.05) is 37.0 Å².